The Morgan fingerprint density at radius 2 is 1.83 bits per heavy atom. The van der Waals surface area contributed by atoms with Crippen molar-refractivity contribution in [3.05, 3.63) is 59.2 Å². The molecule has 2 amide bonds. The molecule has 2 aromatic carbocycles. The molecule has 1 aliphatic heterocycles. The first-order chi connectivity index (χ1) is 14.5. The number of likely N-dealkylation sites (tertiary alicyclic amines) is 1. The molecule has 2 aromatic rings. The average Bonchev–Trinajstić information content (AvgIpc) is 3.26. The molecule has 1 heterocycles. The van der Waals surface area contributed by atoms with Crippen molar-refractivity contribution < 1.29 is 19.0 Å². The van der Waals surface area contributed by atoms with Gasteiger partial charge in [0.15, 0.2) is 0 Å². The van der Waals surface area contributed by atoms with E-state index in [1.54, 1.807) is 14.2 Å². The summed E-state index contributed by atoms with van der Waals surface area (Å²) in [6, 6.07) is 13.8. The van der Waals surface area contributed by atoms with Crippen molar-refractivity contribution in [2.24, 2.45) is 0 Å². The van der Waals surface area contributed by atoms with E-state index in [9.17, 15) is 4.79 Å². The van der Waals surface area contributed by atoms with Gasteiger partial charge in [0.1, 0.15) is 11.5 Å². The van der Waals surface area contributed by atoms with Crippen LogP contribution >= 0.6 is 0 Å². The first kappa shape index (κ1) is 22.0. The Morgan fingerprint density at radius 1 is 1.10 bits per heavy atom. The van der Waals surface area contributed by atoms with E-state index in [0.717, 1.165) is 47.6 Å². The molecule has 1 saturated heterocycles. The molecule has 162 valence electrons. The van der Waals surface area contributed by atoms with Gasteiger partial charge in [-0.2, -0.15) is 0 Å². The van der Waals surface area contributed by atoms with Crippen LogP contribution in [0.25, 0.3) is 0 Å². The van der Waals surface area contributed by atoms with E-state index in [0.29, 0.717) is 13.2 Å². The fourth-order valence-electron chi connectivity index (χ4n) is 3.73. The Morgan fingerprint density at radius 3 is 2.50 bits per heavy atom. The fourth-order valence-corrected chi connectivity index (χ4v) is 3.73. The molecule has 0 saturated carbocycles. The third-order valence-electron chi connectivity index (χ3n) is 5.36. The molecule has 6 heteroatoms. The minimum absolute atomic E-state index is 0.0226. The van der Waals surface area contributed by atoms with E-state index in [2.05, 4.69) is 5.32 Å². The third-order valence-corrected chi connectivity index (χ3v) is 5.36. The molecule has 0 bridgehead atoms. The van der Waals surface area contributed by atoms with E-state index < -0.39 is 0 Å². The first-order valence-corrected chi connectivity index (χ1v) is 10.5. The lowest BCUT2D eigenvalue weighted by Crippen LogP contribution is -2.39. The molecule has 1 N–H and O–H groups in total. The highest BCUT2D eigenvalue weighted by atomic mass is 16.5. The van der Waals surface area contributed by atoms with Crippen molar-refractivity contribution >= 4 is 6.03 Å². The Kier molecular flexibility index (Phi) is 7.57. The van der Waals surface area contributed by atoms with Gasteiger partial charge in [-0.15, -0.1) is 0 Å². The minimum atomic E-state index is -0.0606. The van der Waals surface area contributed by atoms with Gasteiger partial charge in [-0.1, -0.05) is 24.3 Å². The van der Waals surface area contributed by atoms with Gasteiger partial charge < -0.3 is 24.4 Å². The highest BCUT2D eigenvalue weighted by Crippen LogP contribution is 2.38. The van der Waals surface area contributed by atoms with E-state index >= 15 is 0 Å². The maximum atomic E-state index is 12.9. The van der Waals surface area contributed by atoms with Crippen molar-refractivity contribution in [2.75, 3.05) is 20.8 Å². The molecule has 30 heavy (non-hydrogen) atoms. The molecule has 0 radical (unpaired) electrons. The number of methoxy groups -OCH3 is 2. The number of hydrogen-bond donors (Lipinski definition) is 1. The molecular formula is C24H32N2O4. The number of nitrogens with one attached hydrogen (secondary N) is 1. The van der Waals surface area contributed by atoms with Crippen LogP contribution in [-0.2, 0) is 17.9 Å². The lowest BCUT2D eigenvalue weighted by molar-refractivity contribution is 0.0657. The second kappa shape index (κ2) is 10.3. The topological polar surface area (TPSA) is 60.0 Å². The summed E-state index contributed by atoms with van der Waals surface area (Å²) in [6.45, 7) is 5.86. The Balaban J connectivity index is 1.62. The van der Waals surface area contributed by atoms with E-state index in [4.69, 9.17) is 14.2 Å². The lowest BCUT2D eigenvalue weighted by atomic mass is 10.0. The molecule has 1 fully saturated rings. The SMILES string of the molecule is COc1ccc(OC)c(C2CCCN2C(=O)NCc2ccc(COC(C)C)cc2)c1. The normalized spacial score (nSPS) is 16.0. The average molecular weight is 413 g/mol. The summed E-state index contributed by atoms with van der Waals surface area (Å²) >= 11 is 0. The molecule has 3 rings (SSSR count). The van der Waals surface area contributed by atoms with Crippen molar-refractivity contribution in [1.82, 2.24) is 10.2 Å². The number of carbonyl (C=O) groups is 1. The van der Waals surface area contributed by atoms with E-state index in [1.165, 1.54) is 0 Å². The zero-order valence-corrected chi connectivity index (χ0v) is 18.3. The quantitative estimate of drug-likeness (QED) is 0.684. The van der Waals surface area contributed by atoms with Crippen LogP contribution in [0.5, 0.6) is 11.5 Å². The van der Waals surface area contributed by atoms with Crippen molar-refractivity contribution in [3.8, 4) is 11.5 Å². The van der Waals surface area contributed by atoms with Crippen LogP contribution in [0.3, 0.4) is 0 Å². The van der Waals surface area contributed by atoms with Gasteiger partial charge in [-0.3, -0.25) is 0 Å². The van der Waals surface area contributed by atoms with Gasteiger partial charge in [-0.25, -0.2) is 4.79 Å². The Hall–Kier alpha value is -2.73. The molecule has 1 unspecified atom stereocenters. The monoisotopic (exact) mass is 412 g/mol. The zero-order chi connectivity index (χ0) is 21.5. The van der Waals surface area contributed by atoms with Crippen LogP contribution in [0, 0.1) is 0 Å². The summed E-state index contributed by atoms with van der Waals surface area (Å²) in [7, 11) is 3.30. The van der Waals surface area contributed by atoms with Crippen LogP contribution in [0.1, 0.15) is 49.4 Å². The maximum absolute atomic E-state index is 12.9. The molecule has 0 spiro atoms. The fraction of sp³-hybridized carbons (Fsp3) is 0.458. The minimum Gasteiger partial charge on any atom is -0.497 e. The molecule has 1 atom stereocenters. The van der Waals surface area contributed by atoms with Crippen molar-refractivity contribution in [1.29, 1.82) is 0 Å². The molecular weight excluding hydrogens is 380 g/mol. The zero-order valence-electron chi connectivity index (χ0n) is 18.3. The number of nitrogens with zero attached hydrogens (tertiary/aromatic N) is 1. The van der Waals surface area contributed by atoms with Gasteiger partial charge in [0, 0.05) is 18.7 Å². The van der Waals surface area contributed by atoms with Gasteiger partial charge in [0.05, 0.1) is 33.0 Å². The number of amides is 2. The van der Waals surface area contributed by atoms with E-state index in [1.807, 2.05) is 61.2 Å². The van der Waals surface area contributed by atoms with Crippen molar-refractivity contribution in [3.63, 3.8) is 0 Å². The predicted octanol–water partition coefficient (Wildman–Crippen LogP) is 4.68. The largest absolute Gasteiger partial charge is 0.497 e. The number of ether oxygens (including phenoxy) is 3. The number of carbonyl (C=O) groups excluding carboxylic acids is 1. The van der Waals surface area contributed by atoms with Gasteiger partial charge >= 0.3 is 6.03 Å². The molecule has 1 aliphatic rings. The summed E-state index contributed by atoms with van der Waals surface area (Å²) in [4.78, 5) is 14.8. The second-order valence-electron chi connectivity index (χ2n) is 7.79. The van der Waals surface area contributed by atoms with Gasteiger partial charge in [-0.05, 0) is 56.0 Å². The highest BCUT2D eigenvalue weighted by molar-refractivity contribution is 5.75. The Labute approximate surface area is 179 Å². The summed E-state index contributed by atoms with van der Waals surface area (Å²) in [5.74, 6) is 1.54. The summed E-state index contributed by atoms with van der Waals surface area (Å²) in [6.07, 6.45) is 2.07. The van der Waals surface area contributed by atoms with Crippen LogP contribution in [0.15, 0.2) is 42.5 Å². The summed E-state index contributed by atoms with van der Waals surface area (Å²) in [5, 5.41) is 3.06. The maximum Gasteiger partial charge on any atom is 0.318 e. The smallest absolute Gasteiger partial charge is 0.318 e. The Bertz CT molecular complexity index is 836. The third kappa shape index (κ3) is 5.45. The number of urea groups is 1. The highest BCUT2D eigenvalue weighted by Gasteiger charge is 2.32. The number of rotatable bonds is 8. The summed E-state index contributed by atoms with van der Waals surface area (Å²) in [5.41, 5.74) is 3.17. The van der Waals surface area contributed by atoms with Crippen LogP contribution in [-0.4, -0.2) is 37.8 Å². The first-order valence-electron chi connectivity index (χ1n) is 10.5. The van der Waals surface area contributed by atoms with Crippen LogP contribution < -0.4 is 14.8 Å². The molecule has 0 aliphatic carbocycles. The number of hydrogen-bond acceptors (Lipinski definition) is 4. The van der Waals surface area contributed by atoms with Crippen LogP contribution in [0.4, 0.5) is 4.79 Å². The standard InChI is InChI=1S/C24H32N2O4/c1-17(2)30-16-19-9-7-18(8-10-19)15-25-24(27)26-13-5-6-22(26)21-14-20(28-3)11-12-23(21)29-4/h7-12,14,17,22H,5-6,13,15-16H2,1-4H3,(H,25,27). The van der Waals surface area contributed by atoms with Crippen LogP contribution in [0.2, 0.25) is 0 Å². The predicted molar refractivity (Wildman–Crippen MR) is 117 cm³/mol. The van der Waals surface area contributed by atoms with Gasteiger partial charge in [0.2, 0.25) is 0 Å². The summed E-state index contributed by atoms with van der Waals surface area (Å²) < 4.78 is 16.5. The second-order valence-corrected chi connectivity index (χ2v) is 7.79. The molecule has 0 aromatic heterocycles. The van der Waals surface area contributed by atoms with Gasteiger partial charge in [0.25, 0.3) is 0 Å². The van der Waals surface area contributed by atoms with E-state index in [-0.39, 0.29) is 18.2 Å². The van der Waals surface area contributed by atoms with Crippen molar-refractivity contribution in [2.45, 2.75) is 52.0 Å². The molecule has 6 nitrogen and oxygen atoms in total. The lowest BCUT2D eigenvalue weighted by Gasteiger charge is -2.27. The number of benzene rings is 2.